The zero-order valence-corrected chi connectivity index (χ0v) is 14.7. The average molecular weight is 391 g/mol. The van der Waals surface area contributed by atoms with Crippen LogP contribution in [0.15, 0.2) is 28.7 Å². The van der Waals surface area contributed by atoms with Crippen LogP contribution < -0.4 is 5.32 Å². The van der Waals surface area contributed by atoms with Gasteiger partial charge in [-0.15, -0.1) is 0 Å². The van der Waals surface area contributed by atoms with Crippen molar-refractivity contribution in [1.29, 1.82) is 0 Å². The summed E-state index contributed by atoms with van der Waals surface area (Å²) in [6, 6.07) is 7.09. The molecule has 0 spiro atoms. The number of nitrogens with one attached hydrogen (secondary N) is 1. The predicted molar refractivity (Wildman–Crippen MR) is 88.2 cm³/mol. The van der Waals surface area contributed by atoms with Crippen LogP contribution in [0.1, 0.15) is 12.8 Å². The summed E-state index contributed by atoms with van der Waals surface area (Å²) in [6.07, 6.45) is 2.72. The van der Waals surface area contributed by atoms with Crippen LogP contribution in [0.4, 0.5) is 5.69 Å². The number of amides is 1. The molecule has 6 nitrogen and oxygen atoms in total. The zero-order chi connectivity index (χ0) is 16.2. The molecule has 1 atom stereocenters. The molecule has 1 fully saturated rings. The minimum Gasteiger partial charge on any atom is -0.377 e. The Morgan fingerprint density at radius 1 is 1.41 bits per heavy atom. The Labute approximate surface area is 139 Å². The van der Waals surface area contributed by atoms with Gasteiger partial charge < -0.3 is 10.1 Å². The number of hydrogen-bond donors (Lipinski definition) is 1. The molecule has 22 heavy (non-hydrogen) atoms. The van der Waals surface area contributed by atoms with Crippen LogP contribution in [-0.2, 0) is 19.6 Å². The first kappa shape index (κ1) is 17.4. The predicted octanol–water partition coefficient (Wildman–Crippen LogP) is 1.83. The monoisotopic (exact) mass is 390 g/mol. The Hall–Kier alpha value is -0.960. The number of anilines is 1. The van der Waals surface area contributed by atoms with Gasteiger partial charge in [-0.05, 0) is 37.1 Å². The molecule has 1 saturated heterocycles. The minimum absolute atomic E-state index is 0.129. The third-order valence-corrected chi connectivity index (χ3v) is 5.09. The van der Waals surface area contributed by atoms with Crippen LogP contribution in [0.2, 0.25) is 0 Å². The summed E-state index contributed by atoms with van der Waals surface area (Å²) < 4.78 is 31.2. The van der Waals surface area contributed by atoms with Gasteiger partial charge in [0.25, 0.3) is 0 Å². The largest absolute Gasteiger partial charge is 0.377 e. The maximum Gasteiger partial charge on any atom is 0.239 e. The lowest BCUT2D eigenvalue weighted by Gasteiger charge is -2.22. The second kappa shape index (κ2) is 7.54. The van der Waals surface area contributed by atoms with Crippen molar-refractivity contribution in [3.8, 4) is 0 Å². The highest BCUT2D eigenvalue weighted by Crippen LogP contribution is 2.16. The molecule has 1 N–H and O–H groups in total. The van der Waals surface area contributed by atoms with Crippen molar-refractivity contribution in [3.05, 3.63) is 28.7 Å². The van der Waals surface area contributed by atoms with Crippen LogP contribution in [0, 0.1) is 0 Å². The van der Waals surface area contributed by atoms with Gasteiger partial charge in [-0.1, -0.05) is 15.9 Å². The molecule has 0 bridgehead atoms. The Morgan fingerprint density at radius 2 is 2.09 bits per heavy atom. The lowest BCUT2D eigenvalue weighted by molar-refractivity contribution is -0.116. The third-order valence-electron chi connectivity index (χ3n) is 3.35. The molecule has 1 aliphatic heterocycles. The van der Waals surface area contributed by atoms with Crippen LogP contribution >= 0.6 is 15.9 Å². The molecule has 1 unspecified atom stereocenters. The third kappa shape index (κ3) is 5.35. The SMILES string of the molecule is CS(=O)(=O)N(CC(=O)Nc1ccc(Br)cc1)CC1CCCO1. The van der Waals surface area contributed by atoms with Crippen LogP contribution in [0.3, 0.4) is 0 Å². The number of sulfonamides is 1. The maximum absolute atomic E-state index is 12.1. The van der Waals surface area contributed by atoms with E-state index in [1.807, 2.05) is 0 Å². The highest BCUT2D eigenvalue weighted by Gasteiger charge is 2.26. The van der Waals surface area contributed by atoms with Gasteiger partial charge in [0.1, 0.15) is 0 Å². The summed E-state index contributed by atoms with van der Waals surface area (Å²) >= 11 is 3.31. The topological polar surface area (TPSA) is 75.7 Å². The van der Waals surface area contributed by atoms with Crippen LogP contribution in [0.5, 0.6) is 0 Å². The van der Waals surface area contributed by atoms with Gasteiger partial charge in [-0.25, -0.2) is 8.42 Å². The van der Waals surface area contributed by atoms with Gasteiger partial charge in [-0.3, -0.25) is 4.79 Å². The van der Waals surface area contributed by atoms with E-state index in [0.717, 1.165) is 27.9 Å². The maximum atomic E-state index is 12.1. The van der Waals surface area contributed by atoms with E-state index in [2.05, 4.69) is 21.2 Å². The Kier molecular flexibility index (Phi) is 5.96. The highest BCUT2D eigenvalue weighted by atomic mass is 79.9. The summed E-state index contributed by atoms with van der Waals surface area (Å²) in [6.45, 7) is 0.648. The molecule has 122 valence electrons. The first-order chi connectivity index (χ1) is 10.3. The van der Waals surface area contributed by atoms with Crippen molar-refractivity contribution in [3.63, 3.8) is 0 Å². The van der Waals surface area contributed by atoms with Crippen molar-refractivity contribution in [2.75, 3.05) is 31.3 Å². The number of carbonyl (C=O) groups is 1. The van der Waals surface area contributed by atoms with Crippen molar-refractivity contribution in [1.82, 2.24) is 4.31 Å². The molecule has 0 saturated carbocycles. The number of carbonyl (C=O) groups excluding carboxylic acids is 1. The molecular weight excluding hydrogens is 372 g/mol. The molecule has 0 aliphatic carbocycles. The standard InChI is InChI=1S/C14H19BrN2O4S/c1-22(19,20)17(9-13-3-2-8-21-13)10-14(18)16-12-6-4-11(15)5-7-12/h4-7,13H,2-3,8-10H2,1H3,(H,16,18). The fourth-order valence-electron chi connectivity index (χ4n) is 2.23. The number of ether oxygens (including phenoxy) is 1. The summed E-state index contributed by atoms with van der Waals surface area (Å²) in [5, 5.41) is 2.69. The summed E-state index contributed by atoms with van der Waals surface area (Å²) in [5.41, 5.74) is 0.624. The molecule has 1 aliphatic rings. The second-order valence-corrected chi connectivity index (χ2v) is 8.14. The number of rotatable bonds is 6. The molecule has 1 heterocycles. The first-order valence-corrected chi connectivity index (χ1v) is 9.61. The van der Waals surface area contributed by atoms with Crippen LogP contribution in [-0.4, -0.2) is 50.7 Å². The fraction of sp³-hybridized carbons (Fsp3) is 0.500. The normalized spacial score (nSPS) is 18.6. The van der Waals surface area contributed by atoms with Gasteiger partial charge in [0.05, 0.1) is 18.9 Å². The molecule has 1 aromatic rings. The lowest BCUT2D eigenvalue weighted by Crippen LogP contribution is -2.41. The highest BCUT2D eigenvalue weighted by molar-refractivity contribution is 9.10. The van der Waals surface area contributed by atoms with E-state index in [9.17, 15) is 13.2 Å². The van der Waals surface area contributed by atoms with Crippen molar-refractivity contribution < 1.29 is 17.9 Å². The van der Waals surface area contributed by atoms with E-state index >= 15 is 0 Å². The van der Waals surface area contributed by atoms with E-state index in [1.54, 1.807) is 24.3 Å². The summed E-state index contributed by atoms with van der Waals surface area (Å²) in [4.78, 5) is 12.1. The summed E-state index contributed by atoms with van der Waals surface area (Å²) in [7, 11) is -3.46. The van der Waals surface area contributed by atoms with Crippen LogP contribution in [0.25, 0.3) is 0 Å². The second-order valence-electron chi connectivity index (χ2n) is 5.25. The minimum atomic E-state index is -3.46. The van der Waals surface area contributed by atoms with E-state index in [0.29, 0.717) is 12.3 Å². The van der Waals surface area contributed by atoms with E-state index in [4.69, 9.17) is 4.74 Å². The molecule has 1 aromatic carbocycles. The van der Waals surface area contributed by atoms with E-state index in [1.165, 1.54) is 0 Å². The zero-order valence-electron chi connectivity index (χ0n) is 12.3. The molecular formula is C14H19BrN2O4S. The quantitative estimate of drug-likeness (QED) is 0.803. The lowest BCUT2D eigenvalue weighted by atomic mass is 10.2. The van der Waals surface area contributed by atoms with Gasteiger partial charge in [-0.2, -0.15) is 4.31 Å². The molecule has 1 amide bonds. The molecule has 0 radical (unpaired) electrons. The molecule has 2 rings (SSSR count). The van der Waals surface area contributed by atoms with Gasteiger partial charge in [0, 0.05) is 23.3 Å². The fourth-order valence-corrected chi connectivity index (χ4v) is 3.28. The Morgan fingerprint density at radius 3 is 2.64 bits per heavy atom. The van der Waals surface area contributed by atoms with Crippen molar-refractivity contribution >= 4 is 37.5 Å². The summed E-state index contributed by atoms with van der Waals surface area (Å²) in [5.74, 6) is -0.370. The smallest absolute Gasteiger partial charge is 0.239 e. The number of nitrogens with zero attached hydrogens (tertiary/aromatic N) is 1. The number of hydrogen-bond acceptors (Lipinski definition) is 4. The average Bonchev–Trinajstić information content (AvgIpc) is 2.92. The number of benzene rings is 1. The van der Waals surface area contributed by atoms with E-state index < -0.39 is 10.0 Å². The Balaban J connectivity index is 1.96. The first-order valence-electron chi connectivity index (χ1n) is 6.97. The van der Waals surface area contributed by atoms with Gasteiger partial charge in [0.2, 0.25) is 15.9 Å². The Bertz CT molecular complexity index is 612. The van der Waals surface area contributed by atoms with Crippen molar-refractivity contribution in [2.24, 2.45) is 0 Å². The molecule has 0 aromatic heterocycles. The van der Waals surface area contributed by atoms with Gasteiger partial charge >= 0.3 is 0 Å². The van der Waals surface area contributed by atoms with E-state index in [-0.39, 0.29) is 25.1 Å². The molecule has 8 heteroatoms. The van der Waals surface area contributed by atoms with Crippen molar-refractivity contribution in [2.45, 2.75) is 18.9 Å². The number of halogens is 1. The van der Waals surface area contributed by atoms with Gasteiger partial charge in [0.15, 0.2) is 0 Å².